The normalized spacial score (nSPS) is 11.3. The van der Waals surface area contributed by atoms with Gasteiger partial charge in [-0.1, -0.05) is 22.0 Å². The van der Waals surface area contributed by atoms with Crippen LogP contribution in [0.4, 0.5) is 4.79 Å². The fraction of sp³-hybridized carbons (Fsp3) is 0.400. The third-order valence-electron chi connectivity index (χ3n) is 2.68. The number of alkyl carbamates (subject to hydrolysis) is 1. The Morgan fingerprint density at radius 3 is 2.70 bits per heavy atom. The number of ether oxygens (including phenoxy) is 3. The molecule has 0 aliphatic rings. The van der Waals surface area contributed by atoms with E-state index in [0.29, 0.717) is 18.8 Å². The number of rotatable bonds is 7. The third-order valence-corrected chi connectivity index (χ3v) is 3.17. The summed E-state index contributed by atoms with van der Waals surface area (Å²) >= 11 is 3.33. The van der Waals surface area contributed by atoms with E-state index >= 15 is 0 Å². The third kappa shape index (κ3) is 7.64. The Morgan fingerprint density at radius 1 is 1.30 bits per heavy atom. The SMILES string of the molecule is COC(=O)NC(=O)[C@@H](C)OC(=O)CCCOc1cccc(Br)c1. The molecular formula is C15H18BrNO6. The highest BCUT2D eigenvalue weighted by Crippen LogP contribution is 2.17. The van der Waals surface area contributed by atoms with Crippen molar-refractivity contribution in [3.63, 3.8) is 0 Å². The van der Waals surface area contributed by atoms with Crippen LogP contribution in [0.15, 0.2) is 28.7 Å². The highest BCUT2D eigenvalue weighted by Gasteiger charge is 2.19. The number of halogens is 1. The van der Waals surface area contributed by atoms with Gasteiger partial charge in [0, 0.05) is 10.9 Å². The van der Waals surface area contributed by atoms with E-state index in [-0.39, 0.29) is 6.42 Å². The standard InChI is InChI=1S/C15H18BrNO6/c1-10(14(19)17-15(20)21-2)23-13(18)7-4-8-22-12-6-3-5-11(16)9-12/h3,5-6,9-10H,4,7-8H2,1-2H3,(H,17,19,20)/t10-/m1/s1. The van der Waals surface area contributed by atoms with Crippen LogP contribution in [0.25, 0.3) is 0 Å². The molecule has 0 aromatic heterocycles. The Labute approximate surface area is 142 Å². The maximum atomic E-state index is 11.6. The van der Waals surface area contributed by atoms with Gasteiger partial charge in [0.2, 0.25) is 0 Å². The average Bonchev–Trinajstić information content (AvgIpc) is 2.51. The van der Waals surface area contributed by atoms with Crippen LogP contribution in [-0.4, -0.2) is 37.8 Å². The summed E-state index contributed by atoms with van der Waals surface area (Å²) in [6, 6.07) is 7.35. The van der Waals surface area contributed by atoms with Crippen molar-refractivity contribution < 1.29 is 28.6 Å². The van der Waals surface area contributed by atoms with Crippen molar-refractivity contribution in [3.8, 4) is 5.75 Å². The minimum absolute atomic E-state index is 0.101. The number of hydrogen-bond donors (Lipinski definition) is 1. The van der Waals surface area contributed by atoms with E-state index in [9.17, 15) is 14.4 Å². The first-order chi connectivity index (χ1) is 10.9. The molecule has 0 heterocycles. The lowest BCUT2D eigenvalue weighted by Crippen LogP contribution is -2.39. The lowest BCUT2D eigenvalue weighted by Gasteiger charge is -2.12. The number of imide groups is 1. The van der Waals surface area contributed by atoms with Gasteiger partial charge in [-0.3, -0.25) is 14.9 Å². The average molecular weight is 388 g/mol. The summed E-state index contributed by atoms with van der Waals surface area (Å²) in [7, 11) is 1.13. The van der Waals surface area contributed by atoms with Crippen molar-refractivity contribution in [1.29, 1.82) is 0 Å². The number of hydrogen-bond acceptors (Lipinski definition) is 6. The van der Waals surface area contributed by atoms with E-state index in [1.165, 1.54) is 6.92 Å². The highest BCUT2D eigenvalue weighted by atomic mass is 79.9. The van der Waals surface area contributed by atoms with Crippen LogP contribution >= 0.6 is 15.9 Å². The van der Waals surface area contributed by atoms with E-state index in [1.54, 1.807) is 0 Å². The van der Waals surface area contributed by atoms with Crippen molar-refractivity contribution >= 4 is 33.9 Å². The molecule has 1 aromatic carbocycles. The van der Waals surface area contributed by atoms with Crippen LogP contribution in [0.2, 0.25) is 0 Å². The molecule has 2 amide bonds. The number of carbonyl (C=O) groups excluding carboxylic acids is 3. The summed E-state index contributed by atoms with van der Waals surface area (Å²) < 4.78 is 15.6. The Balaban J connectivity index is 2.23. The van der Waals surface area contributed by atoms with Crippen LogP contribution < -0.4 is 10.1 Å². The molecule has 23 heavy (non-hydrogen) atoms. The molecule has 1 rings (SSSR count). The lowest BCUT2D eigenvalue weighted by molar-refractivity contribution is -0.154. The summed E-state index contributed by atoms with van der Waals surface area (Å²) in [6.45, 7) is 1.71. The summed E-state index contributed by atoms with van der Waals surface area (Å²) in [4.78, 5) is 33.9. The number of carbonyl (C=O) groups is 3. The Bertz CT molecular complexity index is 563. The smallest absolute Gasteiger partial charge is 0.413 e. The van der Waals surface area contributed by atoms with E-state index in [2.05, 4.69) is 20.7 Å². The molecule has 0 saturated heterocycles. The molecule has 126 valence electrons. The number of benzene rings is 1. The second-order valence-electron chi connectivity index (χ2n) is 4.52. The Kier molecular flexibility index (Phi) is 8.10. The lowest BCUT2D eigenvalue weighted by atomic mass is 10.3. The van der Waals surface area contributed by atoms with Crippen LogP contribution in [0.3, 0.4) is 0 Å². The monoisotopic (exact) mass is 387 g/mol. The predicted octanol–water partition coefficient (Wildman–Crippen LogP) is 2.42. The van der Waals surface area contributed by atoms with Gasteiger partial charge in [0.1, 0.15) is 5.75 Å². The number of nitrogens with one attached hydrogen (secondary N) is 1. The highest BCUT2D eigenvalue weighted by molar-refractivity contribution is 9.10. The minimum Gasteiger partial charge on any atom is -0.494 e. The first-order valence-electron chi connectivity index (χ1n) is 6.89. The summed E-state index contributed by atoms with van der Waals surface area (Å²) in [5.41, 5.74) is 0. The largest absolute Gasteiger partial charge is 0.494 e. The number of methoxy groups -OCH3 is 1. The van der Waals surface area contributed by atoms with Crippen LogP contribution in [0.1, 0.15) is 19.8 Å². The number of esters is 1. The minimum atomic E-state index is -1.08. The van der Waals surface area contributed by atoms with Crippen molar-refractivity contribution in [3.05, 3.63) is 28.7 Å². The van der Waals surface area contributed by atoms with E-state index in [1.807, 2.05) is 29.6 Å². The van der Waals surface area contributed by atoms with Crippen molar-refractivity contribution in [2.45, 2.75) is 25.9 Å². The maximum Gasteiger partial charge on any atom is 0.413 e. The van der Waals surface area contributed by atoms with E-state index in [0.717, 1.165) is 11.6 Å². The molecule has 0 spiro atoms. The molecule has 0 radical (unpaired) electrons. The number of amides is 2. The van der Waals surface area contributed by atoms with Gasteiger partial charge < -0.3 is 14.2 Å². The summed E-state index contributed by atoms with van der Waals surface area (Å²) in [5, 5.41) is 1.92. The fourth-order valence-electron chi connectivity index (χ4n) is 1.53. The Morgan fingerprint density at radius 2 is 2.04 bits per heavy atom. The molecule has 0 aliphatic carbocycles. The topological polar surface area (TPSA) is 90.9 Å². The van der Waals surface area contributed by atoms with Gasteiger partial charge in [0.05, 0.1) is 13.7 Å². The zero-order valence-corrected chi connectivity index (χ0v) is 14.4. The van der Waals surface area contributed by atoms with Gasteiger partial charge in [-0.2, -0.15) is 0 Å². The van der Waals surface area contributed by atoms with Crippen molar-refractivity contribution in [2.75, 3.05) is 13.7 Å². The molecule has 0 aliphatic heterocycles. The van der Waals surface area contributed by atoms with Crippen LogP contribution in [0.5, 0.6) is 5.75 Å². The van der Waals surface area contributed by atoms with Crippen molar-refractivity contribution in [1.82, 2.24) is 5.32 Å². The Hall–Kier alpha value is -2.09. The zero-order valence-electron chi connectivity index (χ0n) is 12.8. The first kappa shape index (κ1) is 19.0. The molecule has 7 nitrogen and oxygen atoms in total. The molecule has 0 saturated carbocycles. The van der Waals surface area contributed by atoms with Gasteiger partial charge in [-0.05, 0) is 31.5 Å². The molecule has 0 unspecified atom stereocenters. The van der Waals surface area contributed by atoms with Crippen LogP contribution in [0, 0.1) is 0 Å². The predicted molar refractivity (Wildman–Crippen MR) is 85.0 cm³/mol. The molecule has 1 N–H and O–H groups in total. The maximum absolute atomic E-state index is 11.6. The van der Waals surface area contributed by atoms with Gasteiger partial charge in [0.25, 0.3) is 5.91 Å². The molecule has 8 heteroatoms. The van der Waals surface area contributed by atoms with Gasteiger partial charge in [0.15, 0.2) is 6.10 Å². The molecule has 1 aromatic rings. The summed E-state index contributed by atoms with van der Waals surface area (Å²) in [5.74, 6) is -0.593. The van der Waals surface area contributed by atoms with Gasteiger partial charge >= 0.3 is 12.1 Å². The first-order valence-corrected chi connectivity index (χ1v) is 7.68. The van der Waals surface area contributed by atoms with Gasteiger partial charge in [-0.25, -0.2) is 4.79 Å². The second-order valence-corrected chi connectivity index (χ2v) is 5.44. The summed E-state index contributed by atoms with van der Waals surface area (Å²) in [6.07, 6.45) is -1.44. The quantitative estimate of drug-likeness (QED) is 0.570. The van der Waals surface area contributed by atoms with E-state index in [4.69, 9.17) is 9.47 Å². The molecule has 0 fully saturated rings. The van der Waals surface area contributed by atoms with Crippen molar-refractivity contribution in [2.24, 2.45) is 0 Å². The molecular weight excluding hydrogens is 370 g/mol. The second kappa shape index (κ2) is 9.83. The fourth-order valence-corrected chi connectivity index (χ4v) is 1.90. The van der Waals surface area contributed by atoms with Gasteiger partial charge in [-0.15, -0.1) is 0 Å². The van der Waals surface area contributed by atoms with E-state index < -0.39 is 24.1 Å². The molecule has 0 bridgehead atoms. The molecule has 1 atom stereocenters. The van der Waals surface area contributed by atoms with Crippen LogP contribution in [-0.2, 0) is 19.1 Å². The zero-order chi connectivity index (χ0) is 17.2.